The predicted molar refractivity (Wildman–Crippen MR) is 346 cm³/mol. The molecule has 1 spiro atoms. The average molecular weight is 1310 g/mol. The van der Waals surface area contributed by atoms with Crippen LogP contribution in [0.3, 0.4) is 0 Å². The second-order valence-corrected chi connectivity index (χ2v) is 26.3. The van der Waals surface area contributed by atoms with E-state index in [0.29, 0.717) is 89.3 Å². The summed E-state index contributed by atoms with van der Waals surface area (Å²) < 4.78 is 33.8. The number of anilines is 2. The lowest BCUT2D eigenvalue weighted by atomic mass is 9.49. The third-order valence-electron chi connectivity index (χ3n) is 21.0. The molecule has 2 aromatic rings. The van der Waals surface area contributed by atoms with Crippen molar-refractivity contribution in [2.45, 2.75) is 120 Å². The SMILES string of the molecule is CC#C[C@]12CC[C@H]3[C@@H]4CCC5=CC(=O)CCC5=C4[C@@H](c4ccc(N(C)CCCC(=O)N5CCN(C(=O)OC)CC5C(=O)N5CCN(C(=O)OC)CC5C(=O)N(C)CCCOCCOCCOCCCNc5cccc6c5C(=O)N(C5CCC(=O)NC5=O)C6=O)cc4)C[C@@]31CO2. The van der Waals surface area contributed by atoms with Gasteiger partial charge in [-0.1, -0.05) is 29.7 Å². The molecule has 0 radical (unpaired) electrons. The molecule has 4 saturated heterocycles. The van der Waals surface area contributed by atoms with E-state index in [0.717, 1.165) is 55.7 Å². The summed E-state index contributed by atoms with van der Waals surface area (Å²) in [6, 6.07) is 10.4. The maximum absolute atomic E-state index is 15.0. The first-order valence-corrected chi connectivity index (χ1v) is 33.6. The Bertz CT molecular complexity index is 3450. The molecule has 25 heteroatoms. The maximum Gasteiger partial charge on any atom is 0.409 e. The Hall–Kier alpha value is -8.18. The normalized spacial score (nSPS) is 26.0. The second kappa shape index (κ2) is 29.9. The van der Waals surface area contributed by atoms with Crippen LogP contribution in [0.2, 0.25) is 0 Å². The fraction of sp³-hybridized carbons (Fsp3) is 0.600. The summed E-state index contributed by atoms with van der Waals surface area (Å²) in [5, 5.41) is 5.40. The fourth-order valence-corrected chi connectivity index (χ4v) is 16.2. The Morgan fingerprint density at radius 1 is 0.747 bits per heavy atom. The molecule has 6 fully saturated rings. The van der Waals surface area contributed by atoms with E-state index in [-0.39, 0.29) is 106 Å². The molecular formula is C70H89N9O16. The molecule has 25 nitrogen and oxygen atoms in total. The molecule has 2 N–H and O–H groups in total. The van der Waals surface area contributed by atoms with Crippen LogP contribution in [0.4, 0.5) is 21.0 Å². The van der Waals surface area contributed by atoms with Crippen LogP contribution in [-0.4, -0.2) is 246 Å². The number of nitrogens with zero attached hydrogens (tertiary/aromatic N) is 7. The number of amides is 9. The van der Waals surface area contributed by atoms with Gasteiger partial charge in [-0.3, -0.25) is 48.6 Å². The lowest BCUT2D eigenvalue weighted by Crippen LogP contribution is -2.67. The highest BCUT2D eigenvalue weighted by Crippen LogP contribution is 2.71. The number of rotatable bonds is 24. The molecule has 2 saturated carbocycles. The molecule has 8 atom stereocenters. The fourth-order valence-electron chi connectivity index (χ4n) is 16.2. The molecular weight excluding hydrogens is 1220 g/mol. The lowest BCUT2D eigenvalue weighted by Gasteiger charge is -2.61. The van der Waals surface area contributed by atoms with Crippen LogP contribution >= 0.6 is 0 Å². The van der Waals surface area contributed by atoms with E-state index in [1.807, 2.05) is 20.0 Å². The average Bonchev–Trinajstić information content (AvgIpc) is 1.58. The van der Waals surface area contributed by atoms with E-state index in [4.69, 9.17) is 28.4 Å². The largest absolute Gasteiger partial charge is 0.453 e. The highest BCUT2D eigenvalue weighted by Gasteiger charge is 2.71. The summed E-state index contributed by atoms with van der Waals surface area (Å²) >= 11 is 0. The van der Waals surface area contributed by atoms with Gasteiger partial charge in [0, 0.05) is 115 Å². The predicted octanol–water partition coefficient (Wildman–Crippen LogP) is 4.94. The topological polar surface area (TPSA) is 273 Å². The molecule has 5 heterocycles. The van der Waals surface area contributed by atoms with Crippen LogP contribution in [0.1, 0.15) is 123 Å². The summed E-state index contributed by atoms with van der Waals surface area (Å²) in [6.07, 6.45) is 8.70. The van der Waals surface area contributed by atoms with Crippen LogP contribution < -0.4 is 15.5 Å². The van der Waals surface area contributed by atoms with E-state index < -0.39 is 71.4 Å². The molecule has 5 aliphatic heterocycles. The van der Waals surface area contributed by atoms with Crippen molar-refractivity contribution in [3.05, 3.63) is 82.0 Å². The zero-order valence-electron chi connectivity index (χ0n) is 55.3. The molecule has 0 bridgehead atoms. The van der Waals surface area contributed by atoms with E-state index in [1.165, 1.54) is 61.0 Å². The van der Waals surface area contributed by atoms with Crippen molar-refractivity contribution in [3.8, 4) is 11.8 Å². The van der Waals surface area contributed by atoms with Gasteiger partial charge in [0.05, 0.1) is 71.5 Å². The van der Waals surface area contributed by atoms with Crippen molar-refractivity contribution >= 4 is 70.7 Å². The third-order valence-corrected chi connectivity index (χ3v) is 21.0. The van der Waals surface area contributed by atoms with Crippen LogP contribution in [0, 0.1) is 29.1 Å². The Labute approximate surface area is 554 Å². The van der Waals surface area contributed by atoms with E-state index >= 15 is 0 Å². The number of piperazine rings is 2. The van der Waals surface area contributed by atoms with Gasteiger partial charge in [0.15, 0.2) is 5.78 Å². The number of benzene rings is 2. The van der Waals surface area contributed by atoms with Crippen LogP contribution in [0.15, 0.2) is 65.3 Å². The number of hydrogen-bond donors (Lipinski definition) is 2. The number of ketones is 1. The minimum absolute atomic E-state index is 0.00290. The zero-order chi connectivity index (χ0) is 67.1. The van der Waals surface area contributed by atoms with Gasteiger partial charge in [-0.2, -0.15) is 0 Å². The number of methoxy groups -OCH3 is 2. The monoisotopic (exact) mass is 1310 g/mol. The molecule has 0 aromatic heterocycles. The summed E-state index contributed by atoms with van der Waals surface area (Å²) in [4.78, 5) is 143. The minimum Gasteiger partial charge on any atom is -0.453 e. The smallest absolute Gasteiger partial charge is 0.409 e. The van der Waals surface area contributed by atoms with Crippen molar-refractivity contribution in [2.24, 2.45) is 17.3 Å². The number of piperidine rings is 1. The summed E-state index contributed by atoms with van der Waals surface area (Å²) in [5.74, 6) is 4.66. The van der Waals surface area contributed by atoms with Gasteiger partial charge < -0.3 is 63.1 Å². The Morgan fingerprint density at radius 2 is 1.44 bits per heavy atom. The Kier molecular flexibility index (Phi) is 21.4. The second-order valence-electron chi connectivity index (χ2n) is 26.3. The van der Waals surface area contributed by atoms with Gasteiger partial charge in [-0.15, -0.1) is 5.92 Å². The van der Waals surface area contributed by atoms with Crippen LogP contribution in [-0.2, 0) is 57.2 Å². The van der Waals surface area contributed by atoms with Gasteiger partial charge in [0.25, 0.3) is 11.8 Å². The third kappa shape index (κ3) is 13.8. The number of imide groups is 2. The van der Waals surface area contributed by atoms with Crippen molar-refractivity contribution in [1.82, 2.24) is 34.7 Å². The van der Waals surface area contributed by atoms with Gasteiger partial charge in [0.2, 0.25) is 29.5 Å². The highest BCUT2D eigenvalue weighted by molar-refractivity contribution is 6.25. The first-order valence-electron chi connectivity index (χ1n) is 33.6. The summed E-state index contributed by atoms with van der Waals surface area (Å²) in [6.45, 7) is 5.77. The molecule has 2 aromatic carbocycles. The van der Waals surface area contributed by atoms with Crippen molar-refractivity contribution in [1.29, 1.82) is 0 Å². The standard InChI is InChI=1S/C70H89N9O16/c1-6-25-70-26-24-53-50-20-16-46-40-48(80)19-21-49(46)60(50)52(41-69(53,70)44-95-70)45-14-17-47(18-15-45)73(2)28-8-13-59(82)77-32-30-75(67(88)90-4)43-57(77)65(86)78-33-31-76(68(89)91-5)42-56(78)64(85)74(3)29-10-35-93-37-39-94-38-36-92-34-9-27-71-54-12-7-11-51-61(54)66(87)79(63(51)84)55-22-23-58(81)72-62(55)83/h7,11-12,14-15,17-18,40,50,52-53,55-57,71H,8-10,13,16,19-24,26-39,41-44H2,1-5H3,(H,72,81,83)/t50-,52+,53-,55?,56?,57?,69+,70-/m0/s1. The van der Waals surface area contributed by atoms with Crippen LogP contribution in [0.25, 0.3) is 0 Å². The molecule has 3 unspecified atom stereocenters. The molecule has 4 aliphatic carbocycles. The number of likely N-dealkylation sites (N-methyl/N-ethyl adjacent to an activating group) is 1. The quantitative estimate of drug-likeness (QED) is 0.0801. The lowest BCUT2D eigenvalue weighted by molar-refractivity contribution is -0.245. The number of carbonyl (C=O) groups excluding carboxylic acids is 10. The maximum atomic E-state index is 15.0. The number of ether oxygens (including phenoxy) is 6. The molecule has 510 valence electrons. The minimum atomic E-state index is -1.13. The summed E-state index contributed by atoms with van der Waals surface area (Å²) in [7, 11) is 6.13. The van der Waals surface area contributed by atoms with Gasteiger partial charge in [0.1, 0.15) is 23.7 Å². The van der Waals surface area contributed by atoms with Gasteiger partial charge in [-0.05, 0) is 130 Å². The van der Waals surface area contributed by atoms with Crippen LogP contribution in [0.5, 0.6) is 0 Å². The zero-order valence-corrected chi connectivity index (χ0v) is 55.3. The molecule has 95 heavy (non-hydrogen) atoms. The Balaban J connectivity index is 0.631. The molecule has 9 amide bonds. The first kappa shape index (κ1) is 68.2. The van der Waals surface area contributed by atoms with Gasteiger partial charge >= 0.3 is 12.2 Å². The highest BCUT2D eigenvalue weighted by atomic mass is 16.6. The molecule has 11 rings (SSSR count). The number of nitrogens with one attached hydrogen (secondary N) is 2. The number of fused-ring (bicyclic) bond motifs is 4. The number of allylic oxidation sites excluding steroid dienone is 4. The van der Waals surface area contributed by atoms with E-state index in [1.54, 1.807) is 25.2 Å². The van der Waals surface area contributed by atoms with Crippen molar-refractivity contribution in [3.63, 3.8) is 0 Å². The Morgan fingerprint density at radius 3 is 2.13 bits per heavy atom. The number of hydrogen-bond acceptors (Lipinski definition) is 18. The molecule has 9 aliphatic rings. The summed E-state index contributed by atoms with van der Waals surface area (Å²) in [5.41, 5.74) is 6.87. The van der Waals surface area contributed by atoms with E-state index in [2.05, 4.69) is 51.6 Å². The van der Waals surface area contributed by atoms with Gasteiger partial charge in [-0.25, -0.2) is 9.59 Å². The first-order chi connectivity index (χ1) is 45.9. The number of carbonyl (C=O) groups is 10. The van der Waals surface area contributed by atoms with Crippen molar-refractivity contribution in [2.75, 3.05) is 144 Å². The van der Waals surface area contributed by atoms with Crippen molar-refractivity contribution < 1.29 is 76.4 Å². The van der Waals surface area contributed by atoms with E-state index in [9.17, 15) is 47.9 Å².